The van der Waals surface area contributed by atoms with Crippen molar-refractivity contribution in [3.8, 4) is 12.1 Å². The van der Waals surface area contributed by atoms with Crippen LogP contribution in [0, 0.1) is 22.7 Å². The van der Waals surface area contributed by atoms with Gasteiger partial charge in [-0.2, -0.15) is 10.5 Å². The maximum Gasteiger partial charge on any atom is 0.138 e. The van der Waals surface area contributed by atoms with Gasteiger partial charge in [0.25, 0.3) is 0 Å². The third-order valence-corrected chi connectivity index (χ3v) is 6.10. The van der Waals surface area contributed by atoms with Crippen LogP contribution in [0.25, 0.3) is 5.57 Å². The van der Waals surface area contributed by atoms with E-state index in [1.165, 1.54) is 0 Å². The monoisotopic (exact) mass is 384 g/mol. The van der Waals surface area contributed by atoms with Crippen LogP contribution in [0.15, 0.2) is 38.6 Å². The summed E-state index contributed by atoms with van der Waals surface area (Å²) in [5.74, 6) is 0. The molecule has 102 valence electrons. The molecule has 1 aromatic carbocycles. The molecular weight excluding hydrogens is 376 g/mol. The average molecular weight is 386 g/mol. The number of benzene rings is 1. The molecule has 0 aromatic heterocycles. The van der Waals surface area contributed by atoms with E-state index >= 15 is 0 Å². The van der Waals surface area contributed by atoms with E-state index in [0.717, 1.165) is 14.3 Å². The molecule has 0 aliphatic carbocycles. The molecule has 0 saturated heterocycles. The minimum absolute atomic E-state index is 0.0693. The van der Waals surface area contributed by atoms with Crippen molar-refractivity contribution < 1.29 is 0 Å². The van der Waals surface area contributed by atoms with Crippen molar-refractivity contribution >= 4 is 56.6 Å². The van der Waals surface area contributed by atoms with Crippen LogP contribution in [0.3, 0.4) is 0 Å². The number of nitrogens with zero attached hydrogens (tertiary/aromatic N) is 2. The smallest absolute Gasteiger partial charge is 0.138 e. The molecule has 0 amide bonds. The molecule has 6 heteroatoms. The molecule has 0 spiro atoms. The van der Waals surface area contributed by atoms with Gasteiger partial charge in [0.1, 0.15) is 17.7 Å². The van der Waals surface area contributed by atoms with E-state index in [1.54, 1.807) is 47.8 Å². The van der Waals surface area contributed by atoms with Gasteiger partial charge >= 0.3 is 0 Å². The highest BCUT2D eigenvalue weighted by Gasteiger charge is 2.16. The summed E-state index contributed by atoms with van der Waals surface area (Å²) in [6.07, 6.45) is 3.90. The first kappa shape index (κ1) is 17.2. The largest absolute Gasteiger partial charge is 0.192 e. The number of thioether (sulfide) groups is 2. The van der Waals surface area contributed by atoms with Crippen molar-refractivity contribution in [2.45, 2.75) is 0 Å². The fraction of sp³-hybridized carbons (Fsp3) is 0.143. The van der Waals surface area contributed by atoms with Crippen LogP contribution >= 0.6 is 51.1 Å². The third-order valence-electron chi connectivity index (χ3n) is 2.38. The minimum Gasteiger partial charge on any atom is -0.192 e. The molecule has 1 rings (SSSR count). The van der Waals surface area contributed by atoms with Gasteiger partial charge in [0.2, 0.25) is 0 Å². The maximum absolute atomic E-state index is 9.17. The van der Waals surface area contributed by atoms with Gasteiger partial charge in [0.05, 0.1) is 4.24 Å². The van der Waals surface area contributed by atoms with Crippen LogP contribution in [0.5, 0.6) is 0 Å². The lowest BCUT2D eigenvalue weighted by Crippen LogP contribution is -1.91. The molecular formula is C14H10BrClN2S2. The first-order valence-corrected chi connectivity index (χ1v) is 8.99. The molecule has 0 heterocycles. The Balaban J connectivity index is 3.59. The summed E-state index contributed by atoms with van der Waals surface area (Å²) in [7, 11) is 0. The zero-order valence-electron chi connectivity index (χ0n) is 10.8. The van der Waals surface area contributed by atoms with Crippen molar-refractivity contribution in [1.29, 1.82) is 10.5 Å². The number of nitriles is 2. The Morgan fingerprint density at radius 3 is 2.00 bits per heavy atom. The topological polar surface area (TPSA) is 47.6 Å². The highest BCUT2D eigenvalue weighted by molar-refractivity contribution is 9.12. The zero-order valence-corrected chi connectivity index (χ0v) is 14.8. The van der Waals surface area contributed by atoms with E-state index in [4.69, 9.17) is 11.6 Å². The second-order valence-corrected chi connectivity index (χ2v) is 6.61. The summed E-state index contributed by atoms with van der Waals surface area (Å²) < 4.78 is 1.75. The molecule has 0 N–H and O–H groups in total. The molecule has 1 aromatic rings. The van der Waals surface area contributed by atoms with E-state index in [2.05, 4.69) is 15.9 Å². The number of hydrogen-bond acceptors (Lipinski definition) is 4. The van der Waals surface area contributed by atoms with Crippen LogP contribution in [-0.2, 0) is 0 Å². The molecule has 0 unspecified atom stereocenters. The second-order valence-electron chi connectivity index (χ2n) is 3.49. The van der Waals surface area contributed by atoms with Gasteiger partial charge in [-0.3, -0.25) is 0 Å². The molecule has 2 nitrogen and oxygen atoms in total. The van der Waals surface area contributed by atoms with E-state index in [1.807, 2.05) is 24.6 Å². The van der Waals surface area contributed by atoms with Gasteiger partial charge in [0, 0.05) is 15.1 Å². The van der Waals surface area contributed by atoms with Crippen LogP contribution in [0.1, 0.15) is 5.56 Å². The molecule has 0 saturated carbocycles. The molecule has 20 heavy (non-hydrogen) atoms. The first-order chi connectivity index (χ1) is 9.58. The molecule has 0 radical (unpaired) electrons. The lowest BCUT2D eigenvalue weighted by molar-refractivity contribution is 1.46. The molecule has 0 atom stereocenters. The Hall–Kier alpha value is -0.850. The van der Waals surface area contributed by atoms with E-state index < -0.39 is 0 Å². The zero-order chi connectivity index (χ0) is 15.1. The van der Waals surface area contributed by atoms with Crippen molar-refractivity contribution in [3.63, 3.8) is 0 Å². The third kappa shape index (κ3) is 4.07. The number of halogens is 2. The number of hydrogen-bond donors (Lipinski definition) is 0. The van der Waals surface area contributed by atoms with E-state index in [9.17, 15) is 10.5 Å². The lowest BCUT2D eigenvalue weighted by Gasteiger charge is -2.11. The van der Waals surface area contributed by atoms with Crippen LogP contribution in [0.4, 0.5) is 0 Å². The second kappa shape index (κ2) is 8.44. The van der Waals surface area contributed by atoms with Crippen molar-refractivity contribution in [2.24, 2.45) is 0 Å². The predicted octanol–water partition coefficient (Wildman–Crippen LogP) is 5.43. The Kier molecular flexibility index (Phi) is 7.26. The average Bonchev–Trinajstić information content (AvgIpc) is 2.47. The maximum atomic E-state index is 9.17. The number of rotatable bonds is 4. The quantitative estimate of drug-likeness (QED) is 0.512. The van der Waals surface area contributed by atoms with Gasteiger partial charge in [-0.15, -0.1) is 23.5 Å². The fourth-order valence-corrected chi connectivity index (χ4v) is 4.25. The summed E-state index contributed by atoms with van der Waals surface area (Å²) in [4.78, 5) is 0. The Morgan fingerprint density at radius 2 is 1.60 bits per heavy atom. The van der Waals surface area contributed by atoms with Gasteiger partial charge in [-0.1, -0.05) is 23.7 Å². The predicted molar refractivity (Wildman–Crippen MR) is 92.6 cm³/mol. The summed E-state index contributed by atoms with van der Waals surface area (Å²) in [5.41, 5.74) is 1.44. The molecule has 0 fully saturated rings. The lowest BCUT2D eigenvalue weighted by atomic mass is 10.0. The summed E-state index contributed by atoms with van der Waals surface area (Å²) >= 11 is 12.5. The fourth-order valence-electron chi connectivity index (χ4n) is 1.50. The van der Waals surface area contributed by atoms with Gasteiger partial charge in [-0.25, -0.2) is 0 Å². The molecule has 0 aliphatic rings. The first-order valence-electron chi connectivity index (χ1n) is 5.37. The standard InChI is InChI=1S/C14H10BrClN2S2/c1-19-14(20-2)13(15)12(10(7-17)8-18)9-3-5-11(16)6-4-9/h3-6H,1-2H3. The Morgan fingerprint density at radius 1 is 1.10 bits per heavy atom. The Bertz CT molecular complexity index is 615. The summed E-state index contributed by atoms with van der Waals surface area (Å²) in [6, 6.07) is 11.0. The molecule has 0 aliphatic heterocycles. The van der Waals surface area contributed by atoms with Crippen molar-refractivity contribution in [3.05, 3.63) is 49.1 Å². The van der Waals surface area contributed by atoms with Crippen molar-refractivity contribution in [2.75, 3.05) is 12.5 Å². The van der Waals surface area contributed by atoms with Gasteiger partial charge in [0.15, 0.2) is 0 Å². The highest BCUT2D eigenvalue weighted by atomic mass is 79.9. The van der Waals surface area contributed by atoms with E-state index in [-0.39, 0.29) is 5.57 Å². The van der Waals surface area contributed by atoms with Gasteiger partial charge < -0.3 is 0 Å². The summed E-state index contributed by atoms with van der Waals surface area (Å²) in [5, 5.41) is 19.0. The van der Waals surface area contributed by atoms with Gasteiger partial charge in [-0.05, 0) is 46.1 Å². The Labute approximate surface area is 140 Å². The normalized spacial score (nSPS) is 9.30. The minimum atomic E-state index is 0.0693. The van der Waals surface area contributed by atoms with Crippen LogP contribution in [0.2, 0.25) is 5.02 Å². The van der Waals surface area contributed by atoms with Crippen molar-refractivity contribution in [1.82, 2.24) is 0 Å². The highest BCUT2D eigenvalue weighted by Crippen LogP contribution is 2.40. The molecule has 0 bridgehead atoms. The number of allylic oxidation sites excluding steroid dienone is 3. The summed E-state index contributed by atoms with van der Waals surface area (Å²) in [6.45, 7) is 0. The SMILES string of the molecule is CSC(SC)=C(Br)C(=C(C#N)C#N)c1ccc(Cl)cc1. The van der Waals surface area contributed by atoms with Crippen LogP contribution in [-0.4, -0.2) is 12.5 Å². The van der Waals surface area contributed by atoms with Crippen LogP contribution < -0.4 is 0 Å². The van der Waals surface area contributed by atoms with E-state index in [0.29, 0.717) is 10.6 Å².